The van der Waals surface area contributed by atoms with Crippen LogP contribution in [0.4, 0.5) is 5.69 Å². The van der Waals surface area contributed by atoms with Crippen molar-refractivity contribution in [2.75, 3.05) is 32.8 Å². The highest BCUT2D eigenvalue weighted by Gasteiger charge is 2.33. The molecule has 1 aromatic heterocycles. The number of furan rings is 1. The summed E-state index contributed by atoms with van der Waals surface area (Å²) >= 11 is 0. The third-order valence-corrected chi connectivity index (χ3v) is 6.59. The van der Waals surface area contributed by atoms with E-state index in [-0.39, 0.29) is 55.2 Å². The number of benzene rings is 1. The van der Waals surface area contributed by atoms with Crippen LogP contribution in [-0.4, -0.2) is 67.2 Å². The van der Waals surface area contributed by atoms with Crippen LogP contribution in [-0.2, 0) is 14.8 Å². The average molecular weight is 451 g/mol. The zero-order chi connectivity index (χ0) is 22.8. The summed E-state index contributed by atoms with van der Waals surface area (Å²) in [5.41, 5.74) is 0.588. The Kier molecular flexibility index (Phi) is 6.41. The minimum Gasteiger partial charge on any atom is -0.460 e. The Bertz CT molecular complexity index is 1120. The van der Waals surface area contributed by atoms with Crippen LogP contribution in [0, 0.1) is 17.0 Å². The normalized spacial score (nSPS) is 15.0. The zero-order valence-corrected chi connectivity index (χ0v) is 17.8. The predicted octanol–water partition coefficient (Wildman–Crippen LogP) is 1.82. The quantitative estimate of drug-likeness (QED) is 0.368. The summed E-state index contributed by atoms with van der Waals surface area (Å²) in [5, 5.41) is 10.6. The lowest BCUT2D eigenvalue weighted by Gasteiger charge is -2.33. The predicted molar refractivity (Wildman–Crippen MR) is 107 cm³/mol. The molecule has 0 bridgehead atoms. The van der Waals surface area contributed by atoms with E-state index in [1.54, 1.807) is 13.8 Å². The first-order valence-corrected chi connectivity index (χ1v) is 10.9. The Morgan fingerprint density at radius 2 is 1.84 bits per heavy atom. The minimum atomic E-state index is -3.98. The second-order valence-electron chi connectivity index (χ2n) is 6.79. The molecule has 0 unspecified atom stereocenters. The Balaban J connectivity index is 1.67. The molecule has 2 heterocycles. The first kappa shape index (κ1) is 22.4. The Morgan fingerprint density at radius 3 is 2.42 bits per heavy atom. The molecule has 1 aliphatic heterocycles. The molecular weight excluding hydrogens is 430 g/mol. The number of aryl methyl sites for hydroxylation is 1. The Hall–Kier alpha value is -3.25. The molecule has 11 nitrogen and oxygen atoms in total. The van der Waals surface area contributed by atoms with Gasteiger partial charge in [0.2, 0.25) is 10.9 Å². The highest BCUT2D eigenvalue weighted by atomic mass is 32.2. The molecule has 0 spiro atoms. The van der Waals surface area contributed by atoms with Crippen LogP contribution in [0.5, 0.6) is 0 Å². The Morgan fingerprint density at radius 1 is 1.16 bits per heavy atom. The number of nitro benzene ring substituents is 1. The number of carbonyl (C=O) groups excluding carboxylic acids is 2. The van der Waals surface area contributed by atoms with Crippen molar-refractivity contribution in [3.63, 3.8) is 0 Å². The van der Waals surface area contributed by atoms with E-state index < -0.39 is 20.9 Å². The third-order valence-electron chi connectivity index (χ3n) is 4.82. The fourth-order valence-corrected chi connectivity index (χ4v) is 4.54. The largest absolute Gasteiger partial charge is 0.460 e. The number of hydrogen-bond donors (Lipinski definition) is 0. The van der Waals surface area contributed by atoms with Gasteiger partial charge in [-0.1, -0.05) is 0 Å². The van der Waals surface area contributed by atoms with Crippen LogP contribution in [0.1, 0.15) is 33.4 Å². The van der Waals surface area contributed by atoms with Crippen molar-refractivity contribution in [1.29, 1.82) is 0 Å². The highest BCUT2D eigenvalue weighted by molar-refractivity contribution is 7.89. The number of piperazine rings is 1. The van der Waals surface area contributed by atoms with Gasteiger partial charge in [0.1, 0.15) is 0 Å². The molecule has 31 heavy (non-hydrogen) atoms. The summed E-state index contributed by atoms with van der Waals surface area (Å²) in [7, 11) is -3.98. The maximum absolute atomic E-state index is 12.8. The summed E-state index contributed by atoms with van der Waals surface area (Å²) in [4.78, 5) is 36.3. The molecule has 1 saturated heterocycles. The van der Waals surface area contributed by atoms with Gasteiger partial charge in [-0.15, -0.1) is 0 Å². The van der Waals surface area contributed by atoms with Gasteiger partial charge < -0.3 is 14.1 Å². The molecule has 1 aromatic carbocycles. The molecule has 1 aliphatic rings. The van der Waals surface area contributed by atoms with E-state index in [1.807, 2.05) is 0 Å². The number of esters is 1. The van der Waals surface area contributed by atoms with E-state index in [1.165, 1.54) is 39.5 Å². The molecule has 0 N–H and O–H groups in total. The molecule has 1 amide bonds. The molecule has 166 valence electrons. The summed E-state index contributed by atoms with van der Waals surface area (Å²) in [6.45, 7) is 3.65. The lowest BCUT2D eigenvalue weighted by molar-refractivity contribution is -0.385. The van der Waals surface area contributed by atoms with Crippen molar-refractivity contribution in [2.45, 2.75) is 18.9 Å². The van der Waals surface area contributed by atoms with Crippen LogP contribution < -0.4 is 0 Å². The van der Waals surface area contributed by atoms with Crippen molar-refractivity contribution in [3.8, 4) is 0 Å². The number of hydrogen-bond acceptors (Lipinski definition) is 8. The highest BCUT2D eigenvalue weighted by Crippen LogP contribution is 2.23. The van der Waals surface area contributed by atoms with E-state index in [4.69, 9.17) is 9.15 Å². The van der Waals surface area contributed by atoms with Crippen molar-refractivity contribution in [3.05, 3.63) is 57.3 Å². The molecule has 1 fully saturated rings. The number of nitrogens with zero attached hydrogens (tertiary/aromatic N) is 3. The lowest BCUT2D eigenvalue weighted by atomic mass is 10.1. The molecular formula is C19H21N3O8S. The molecule has 2 aromatic rings. The fraction of sp³-hybridized carbons (Fsp3) is 0.368. The van der Waals surface area contributed by atoms with Gasteiger partial charge in [-0.3, -0.25) is 14.9 Å². The lowest BCUT2D eigenvalue weighted by Crippen LogP contribution is -2.50. The zero-order valence-electron chi connectivity index (χ0n) is 16.9. The van der Waals surface area contributed by atoms with E-state index in [0.717, 1.165) is 0 Å². The smallest absolute Gasteiger partial charge is 0.374 e. The standard InChI is InChI=1S/C19H21N3O8S/c1-3-29-19(24)16-6-7-17(30-16)31(27,28)21-10-8-20(9-11-21)18(23)14-4-5-15(22(25)26)13(2)12-14/h4-7,12H,3,8-11H2,1-2H3. The third kappa shape index (κ3) is 4.59. The van der Waals surface area contributed by atoms with Crippen LogP contribution in [0.3, 0.4) is 0 Å². The van der Waals surface area contributed by atoms with Crippen LogP contribution in [0.15, 0.2) is 39.8 Å². The second kappa shape index (κ2) is 8.86. The second-order valence-corrected chi connectivity index (χ2v) is 8.66. The molecule has 0 aliphatic carbocycles. The number of ether oxygens (including phenoxy) is 1. The first-order chi connectivity index (χ1) is 14.6. The topological polar surface area (TPSA) is 140 Å². The van der Waals surface area contributed by atoms with Crippen molar-refractivity contribution in [1.82, 2.24) is 9.21 Å². The van der Waals surface area contributed by atoms with Gasteiger partial charge in [-0.05, 0) is 38.1 Å². The summed E-state index contributed by atoms with van der Waals surface area (Å²) in [5.74, 6) is -1.29. The number of nitro groups is 1. The van der Waals surface area contributed by atoms with Crippen molar-refractivity contribution >= 4 is 27.6 Å². The maximum atomic E-state index is 12.8. The van der Waals surface area contributed by atoms with Crippen molar-refractivity contribution in [2.24, 2.45) is 0 Å². The summed E-state index contributed by atoms with van der Waals surface area (Å²) < 4.78 is 36.7. The van der Waals surface area contributed by atoms with E-state index in [9.17, 15) is 28.1 Å². The van der Waals surface area contributed by atoms with E-state index in [0.29, 0.717) is 11.1 Å². The number of sulfonamides is 1. The average Bonchev–Trinajstić information content (AvgIpc) is 3.24. The molecule has 3 rings (SSSR count). The molecule has 0 saturated carbocycles. The number of amides is 1. The van der Waals surface area contributed by atoms with Gasteiger partial charge in [0, 0.05) is 43.4 Å². The summed E-state index contributed by atoms with van der Waals surface area (Å²) in [6.07, 6.45) is 0. The van der Waals surface area contributed by atoms with E-state index >= 15 is 0 Å². The fourth-order valence-electron chi connectivity index (χ4n) is 3.21. The maximum Gasteiger partial charge on any atom is 0.374 e. The number of rotatable bonds is 6. The Labute approximate surface area is 178 Å². The van der Waals surface area contributed by atoms with Gasteiger partial charge in [0.25, 0.3) is 21.6 Å². The van der Waals surface area contributed by atoms with Crippen LogP contribution >= 0.6 is 0 Å². The van der Waals surface area contributed by atoms with Gasteiger partial charge in [0.15, 0.2) is 0 Å². The first-order valence-electron chi connectivity index (χ1n) is 9.46. The minimum absolute atomic E-state index is 0.0372. The SMILES string of the molecule is CCOC(=O)c1ccc(S(=O)(=O)N2CCN(C(=O)c3ccc([N+](=O)[O-])c(C)c3)CC2)o1. The van der Waals surface area contributed by atoms with Crippen molar-refractivity contribution < 1.29 is 32.1 Å². The molecule has 0 atom stereocenters. The van der Waals surface area contributed by atoms with Gasteiger partial charge in [-0.2, -0.15) is 4.31 Å². The van der Waals surface area contributed by atoms with E-state index in [2.05, 4.69) is 0 Å². The molecule has 0 radical (unpaired) electrons. The van der Waals surface area contributed by atoms with Crippen LogP contribution in [0.2, 0.25) is 0 Å². The van der Waals surface area contributed by atoms with Gasteiger partial charge >= 0.3 is 5.97 Å². The van der Waals surface area contributed by atoms with Gasteiger partial charge in [-0.25, -0.2) is 13.2 Å². The number of carbonyl (C=O) groups is 2. The summed E-state index contributed by atoms with van der Waals surface area (Å²) in [6, 6.07) is 6.54. The molecule has 12 heteroatoms. The van der Waals surface area contributed by atoms with Gasteiger partial charge in [0.05, 0.1) is 11.5 Å². The van der Waals surface area contributed by atoms with Crippen LogP contribution in [0.25, 0.3) is 0 Å². The monoisotopic (exact) mass is 451 g/mol.